The lowest BCUT2D eigenvalue weighted by Gasteiger charge is -2.14. The third-order valence-corrected chi connectivity index (χ3v) is 4.16. The van der Waals surface area contributed by atoms with Crippen LogP contribution in [0.3, 0.4) is 0 Å². The van der Waals surface area contributed by atoms with E-state index in [-0.39, 0.29) is 6.42 Å². The van der Waals surface area contributed by atoms with Crippen molar-refractivity contribution < 1.29 is 23.5 Å². The monoisotopic (exact) mass is 380 g/mol. The molecule has 0 bridgehead atoms. The largest absolute Gasteiger partial charge is 0.464 e. The van der Waals surface area contributed by atoms with E-state index in [1.165, 1.54) is 13.2 Å². The standard InChI is InChI=1S/C21H20N2O5/c1-13-8-9-17-16(12-27-18(17)10-13)11-19(24)28-14(2)20(25)22-23-21(26)15-6-4-3-5-7-15/h3-10,12,14H,11H2,1-2H3,(H,22,25)(H,23,26)/t14-/m1/s1. The van der Waals surface area contributed by atoms with Gasteiger partial charge in [-0.2, -0.15) is 0 Å². The highest BCUT2D eigenvalue weighted by Gasteiger charge is 2.20. The fourth-order valence-electron chi connectivity index (χ4n) is 2.66. The van der Waals surface area contributed by atoms with Gasteiger partial charge in [-0.3, -0.25) is 25.2 Å². The summed E-state index contributed by atoms with van der Waals surface area (Å²) in [5.41, 5.74) is 7.36. The summed E-state index contributed by atoms with van der Waals surface area (Å²) < 4.78 is 10.6. The highest BCUT2D eigenvalue weighted by molar-refractivity contribution is 5.96. The average molecular weight is 380 g/mol. The number of hydrogen-bond acceptors (Lipinski definition) is 5. The molecule has 1 aromatic heterocycles. The Labute approximate surface area is 161 Å². The molecule has 7 heteroatoms. The second-order valence-electron chi connectivity index (χ2n) is 6.38. The zero-order chi connectivity index (χ0) is 20.1. The van der Waals surface area contributed by atoms with Crippen LogP contribution in [-0.2, 0) is 20.7 Å². The first kappa shape index (κ1) is 19.2. The quantitative estimate of drug-likeness (QED) is 0.524. The zero-order valence-electron chi connectivity index (χ0n) is 15.5. The summed E-state index contributed by atoms with van der Waals surface area (Å²) in [5, 5.41) is 0.828. The van der Waals surface area contributed by atoms with Crippen LogP contribution in [0.5, 0.6) is 0 Å². The third kappa shape index (κ3) is 4.56. The second kappa shape index (κ2) is 8.39. The van der Waals surface area contributed by atoms with E-state index in [1.54, 1.807) is 30.3 Å². The Morgan fingerprint density at radius 3 is 2.57 bits per heavy atom. The number of carbonyl (C=O) groups excluding carboxylic acids is 3. The molecule has 0 saturated carbocycles. The number of hydrazine groups is 1. The molecule has 0 aliphatic heterocycles. The van der Waals surface area contributed by atoms with Gasteiger partial charge in [0.15, 0.2) is 6.10 Å². The van der Waals surface area contributed by atoms with Crippen molar-refractivity contribution in [2.24, 2.45) is 0 Å². The fourth-order valence-corrected chi connectivity index (χ4v) is 2.66. The minimum Gasteiger partial charge on any atom is -0.464 e. The van der Waals surface area contributed by atoms with Gasteiger partial charge in [0.1, 0.15) is 5.58 Å². The van der Waals surface area contributed by atoms with E-state index in [9.17, 15) is 14.4 Å². The lowest BCUT2D eigenvalue weighted by molar-refractivity contribution is -0.154. The van der Waals surface area contributed by atoms with Gasteiger partial charge in [-0.1, -0.05) is 30.3 Å². The van der Waals surface area contributed by atoms with Crippen LogP contribution in [0.1, 0.15) is 28.4 Å². The average Bonchev–Trinajstić information content (AvgIpc) is 3.07. The maximum absolute atomic E-state index is 12.2. The number of nitrogens with one attached hydrogen (secondary N) is 2. The molecular formula is C21H20N2O5. The lowest BCUT2D eigenvalue weighted by Crippen LogP contribution is -2.46. The first-order chi connectivity index (χ1) is 13.4. The van der Waals surface area contributed by atoms with Crippen molar-refractivity contribution in [1.82, 2.24) is 10.9 Å². The smallest absolute Gasteiger partial charge is 0.311 e. The van der Waals surface area contributed by atoms with Gasteiger partial charge in [-0.15, -0.1) is 0 Å². The van der Waals surface area contributed by atoms with Gasteiger partial charge in [-0.25, -0.2) is 0 Å². The Balaban J connectivity index is 1.51. The molecule has 3 aromatic rings. The molecule has 0 radical (unpaired) electrons. The number of amides is 2. The molecule has 0 aliphatic carbocycles. The molecule has 2 aromatic carbocycles. The molecule has 28 heavy (non-hydrogen) atoms. The number of furan rings is 1. The van der Waals surface area contributed by atoms with Crippen LogP contribution in [-0.4, -0.2) is 23.9 Å². The van der Waals surface area contributed by atoms with E-state index in [0.717, 1.165) is 10.9 Å². The molecular weight excluding hydrogens is 360 g/mol. The van der Waals surface area contributed by atoms with E-state index >= 15 is 0 Å². The second-order valence-corrected chi connectivity index (χ2v) is 6.38. The fraction of sp³-hybridized carbons (Fsp3) is 0.190. The van der Waals surface area contributed by atoms with Gasteiger partial charge in [-0.05, 0) is 37.6 Å². The molecule has 0 spiro atoms. The Morgan fingerprint density at radius 1 is 1.07 bits per heavy atom. The van der Waals surface area contributed by atoms with Crippen molar-refractivity contribution in [2.45, 2.75) is 26.4 Å². The van der Waals surface area contributed by atoms with Gasteiger partial charge in [0.2, 0.25) is 0 Å². The Morgan fingerprint density at radius 2 is 1.82 bits per heavy atom. The first-order valence-corrected chi connectivity index (χ1v) is 8.75. The van der Waals surface area contributed by atoms with E-state index < -0.39 is 23.9 Å². The van der Waals surface area contributed by atoms with Crippen molar-refractivity contribution in [3.05, 3.63) is 71.5 Å². The number of benzene rings is 2. The van der Waals surface area contributed by atoms with Crippen LogP contribution >= 0.6 is 0 Å². The molecule has 3 rings (SSSR count). The SMILES string of the molecule is Cc1ccc2c(CC(=O)O[C@H](C)C(=O)NNC(=O)c3ccccc3)coc2c1. The number of fused-ring (bicyclic) bond motifs is 1. The predicted molar refractivity (Wildman–Crippen MR) is 102 cm³/mol. The maximum Gasteiger partial charge on any atom is 0.311 e. The number of carbonyl (C=O) groups is 3. The summed E-state index contributed by atoms with van der Waals surface area (Å²) in [6.07, 6.45) is 0.421. The number of esters is 1. The Kier molecular flexibility index (Phi) is 5.74. The minimum absolute atomic E-state index is 0.0238. The van der Waals surface area contributed by atoms with Crippen LogP contribution in [0.2, 0.25) is 0 Å². The molecule has 2 N–H and O–H groups in total. The van der Waals surface area contributed by atoms with Gasteiger partial charge in [0.05, 0.1) is 12.7 Å². The summed E-state index contributed by atoms with van der Waals surface area (Å²) in [4.78, 5) is 36.1. The number of ether oxygens (including phenoxy) is 1. The zero-order valence-corrected chi connectivity index (χ0v) is 15.5. The van der Waals surface area contributed by atoms with Gasteiger partial charge >= 0.3 is 5.97 Å². The molecule has 0 fully saturated rings. The molecule has 1 heterocycles. The van der Waals surface area contributed by atoms with Crippen LogP contribution in [0.4, 0.5) is 0 Å². The highest BCUT2D eigenvalue weighted by atomic mass is 16.5. The number of aryl methyl sites for hydroxylation is 1. The van der Waals surface area contributed by atoms with Crippen molar-refractivity contribution in [2.75, 3.05) is 0 Å². The molecule has 2 amide bonds. The van der Waals surface area contributed by atoms with Gasteiger partial charge in [0.25, 0.3) is 11.8 Å². The van der Waals surface area contributed by atoms with E-state index in [1.807, 2.05) is 25.1 Å². The summed E-state index contributed by atoms with van der Waals surface area (Å²) in [5.74, 6) is -1.67. The topological polar surface area (TPSA) is 97.6 Å². The lowest BCUT2D eigenvalue weighted by atomic mass is 10.1. The molecule has 144 valence electrons. The highest BCUT2D eigenvalue weighted by Crippen LogP contribution is 2.23. The van der Waals surface area contributed by atoms with Crippen molar-refractivity contribution in [3.63, 3.8) is 0 Å². The summed E-state index contributed by atoms with van der Waals surface area (Å²) in [7, 11) is 0. The minimum atomic E-state index is -1.07. The Hall–Kier alpha value is -3.61. The molecule has 0 saturated heterocycles. The van der Waals surface area contributed by atoms with E-state index in [2.05, 4.69) is 10.9 Å². The first-order valence-electron chi connectivity index (χ1n) is 8.75. The maximum atomic E-state index is 12.2. The third-order valence-electron chi connectivity index (χ3n) is 4.16. The van der Waals surface area contributed by atoms with Crippen molar-refractivity contribution in [1.29, 1.82) is 0 Å². The van der Waals surface area contributed by atoms with Gasteiger partial charge < -0.3 is 9.15 Å². The van der Waals surface area contributed by atoms with E-state index in [4.69, 9.17) is 9.15 Å². The van der Waals surface area contributed by atoms with E-state index in [0.29, 0.717) is 16.7 Å². The molecule has 7 nitrogen and oxygen atoms in total. The number of rotatable bonds is 5. The predicted octanol–water partition coefficient (Wildman–Crippen LogP) is 2.68. The van der Waals surface area contributed by atoms with Crippen molar-refractivity contribution in [3.8, 4) is 0 Å². The normalized spacial score (nSPS) is 11.6. The van der Waals surface area contributed by atoms with Crippen LogP contribution in [0.15, 0.2) is 59.2 Å². The molecule has 0 aliphatic rings. The molecule has 1 atom stereocenters. The van der Waals surface area contributed by atoms with Gasteiger partial charge in [0, 0.05) is 16.5 Å². The van der Waals surface area contributed by atoms with Crippen LogP contribution in [0.25, 0.3) is 11.0 Å². The summed E-state index contributed by atoms with van der Waals surface area (Å²) in [6.45, 7) is 3.38. The van der Waals surface area contributed by atoms with Crippen molar-refractivity contribution >= 4 is 28.8 Å². The Bertz CT molecular complexity index is 1010. The number of hydrogen-bond donors (Lipinski definition) is 2. The summed E-state index contributed by atoms with van der Waals surface area (Å²) >= 11 is 0. The van der Waals surface area contributed by atoms with Crippen LogP contribution < -0.4 is 10.9 Å². The van der Waals surface area contributed by atoms with Crippen LogP contribution in [0, 0.1) is 6.92 Å². The summed E-state index contributed by atoms with van der Waals surface area (Å²) in [6, 6.07) is 14.1. The molecule has 0 unspecified atom stereocenters.